The van der Waals surface area contributed by atoms with Crippen molar-refractivity contribution >= 4 is 50.5 Å². The van der Waals surface area contributed by atoms with Crippen LogP contribution in [0.4, 0.5) is 11.4 Å². The Kier molecular flexibility index (Phi) is 7.10. The lowest BCUT2D eigenvalue weighted by Gasteiger charge is -2.26. The SMILES string of the molecule is COc1ccc(Cl)cc1NC(=O)CN(c1cccc(Cl)c1C)S(=O)(=O)c1ccccc1. The molecule has 0 saturated heterocycles. The van der Waals surface area contributed by atoms with E-state index in [-0.39, 0.29) is 4.90 Å². The van der Waals surface area contributed by atoms with Crippen LogP contribution in [0.2, 0.25) is 10.0 Å². The second-order valence-electron chi connectivity index (χ2n) is 6.60. The van der Waals surface area contributed by atoms with E-state index in [1.807, 2.05) is 0 Å². The third kappa shape index (κ3) is 5.12. The Hall–Kier alpha value is -2.74. The molecule has 31 heavy (non-hydrogen) atoms. The largest absolute Gasteiger partial charge is 0.495 e. The summed E-state index contributed by atoms with van der Waals surface area (Å²) in [5.74, 6) is -0.173. The Morgan fingerprint density at radius 1 is 1.03 bits per heavy atom. The first-order valence-corrected chi connectivity index (χ1v) is 11.4. The number of carbonyl (C=O) groups is 1. The predicted octanol–water partition coefficient (Wildman–Crippen LogP) is 5.14. The lowest BCUT2D eigenvalue weighted by molar-refractivity contribution is -0.114. The molecule has 0 aliphatic carbocycles. The molecule has 3 rings (SSSR count). The van der Waals surface area contributed by atoms with Gasteiger partial charge in [0.2, 0.25) is 5.91 Å². The van der Waals surface area contributed by atoms with Crippen molar-refractivity contribution in [1.29, 1.82) is 0 Å². The van der Waals surface area contributed by atoms with Crippen LogP contribution in [0, 0.1) is 6.92 Å². The summed E-state index contributed by atoms with van der Waals surface area (Å²) in [5, 5.41) is 3.46. The number of ether oxygens (including phenoxy) is 1. The Bertz CT molecular complexity index is 1200. The first kappa shape index (κ1) is 22.9. The summed E-state index contributed by atoms with van der Waals surface area (Å²) < 4.78 is 33.1. The molecule has 3 aromatic rings. The van der Waals surface area contributed by atoms with Crippen molar-refractivity contribution in [3.05, 3.63) is 82.3 Å². The third-order valence-corrected chi connectivity index (χ3v) is 6.98. The van der Waals surface area contributed by atoms with Crippen LogP contribution in [0.3, 0.4) is 0 Å². The van der Waals surface area contributed by atoms with Crippen molar-refractivity contribution in [3.63, 3.8) is 0 Å². The molecule has 0 aromatic heterocycles. The van der Waals surface area contributed by atoms with Crippen LogP contribution in [0.1, 0.15) is 5.56 Å². The summed E-state index contributed by atoms with van der Waals surface area (Å²) in [6, 6.07) is 17.6. The van der Waals surface area contributed by atoms with Gasteiger partial charge in [-0.15, -0.1) is 0 Å². The maximum absolute atomic E-state index is 13.4. The third-order valence-electron chi connectivity index (χ3n) is 4.56. The van der Waals surface area contributed by atoms with Crippen LogP contribution < -0.4 is 14.4 Å². The van der Waals surface area contributed by atoms with E-state index in [2.05, 4.69) is 5.32 Å². The van der Waals surface area contributed by atoms with Gasteiger partial charge in [-0.1, -0.05) is 47.5 Å². The highest BCUT2D eigenvalue weighted by molar-refractivity contribution is 7.92. The quantitative estimate of drug-likeness (QED) is 0.509. The van der Waals surface area contributed by atoms with Gasteiger partial charge in [0, 0.05) is 10.0 Å². The van der Waals surface area contributed by atoms with Crippen LogP contribution in [-0.2, 0) is 14.8 Å². The molecule has 9 heteroatoms. The molecule has 0 aliphatic rings. The van der Waals surface area contributed by atoms with E-state index < -0.39 is 22.5 Å². The summed E-state index contributed by atoms with van der Waals surface area (Å²) in [7, 11) is -2.59. The minimum absolute atomic E-state index is 0.0579. The van der Waals surface area contributed by atoms with Crippen molar-refractivity contribution in [2.45, 2.75) is 11.8 Å². The Balaban J connectivity index is 2.01. The minimum Gasteiger partial charge on any atom is -0.495 e. The molecule has 3 aromatic carbocycles. The second-order valence-corrected chi connectivity index (χ2v) is 9.31. The number of rotatable bonds is 7. The van der Waals surface area contributed by atoms with Gasteiger partial charge in [0.25, 0.3) is 10.0 Å². The standard InChI is InChI=1S/C22H20Cl2N2O4S/c1-15-18(24)9-6-10-20(15)26(31(28,29)17-7-4-3-5-8-17)14-22(27)25-19-13-16(23)11-12-21(19)30-2/h3-13H,14H2,1-2H3,(H,25,27). The van der Waals surface area contributed by atoms with E-state index in [0.29, 0.717) is 32.7 Å². The van der Waals surface area contributed by atoms with Crippen molar-refractivity contribution in [2.75, 3.05) is 23.3 Å². The van der Waals surface area contributed by atoms with Gasteiger partial charge in [-0.2, -0.15) is 0 Å². The van der Waals surface area contributed by atoms with Gasteiger partial charge in [-0.3, -0.25) is 9.10 Å². The molecule has 162 valence electrons. The van der Waals surface area contributed by atoms with Gasteiger partial charge >= 0.3 is 0 Å². The summed E-state index contributed by atoms with van der Waals surface area (Å²) in [4.78, 5) is 13.0. The van der Waals surface area contributed by atoms with Gasteiger partial charge in [0.05, 0.1) is 23.4 Å². The number of amides is 1. The van der Waals surface area contributed by atoms with Crippen LogP contribution in [0.5, 0.6) is 5.75 Å². The summed E-state index contributed by atoms with van der Waals surface area (Å²) >= 11 is 12.2. The summed E-state index contributed by atoms with van der Waals surface area (Å²) in [6.45, 7) is 1.22. The molecule has 0 heterocycles. The van der Waals surface area contributed by atoms with Crippen LogP contribution in [0.25, 0.3) is 0 Å². The number of nitrogens with one attached hydrogen (secondary N) is 1. The van der Waals surface area contributed by atoms with Gasteiger partial charge in [0.15, 0.2) is 0 Å². The number of methoxy groups -OCH3 is 1. The molecule has 0 fully saturated rings. The number of hydrogen-bond acceptors (Lipinski definition) is 4. The highest BCUT2D eigenvalue weighted by Gasteiger charge is 2.29. The van der Waals surface area contributed by atoms with Gasteiger partial charge in [-0.05, 0) is 55.0 Å². The molecule has 1 amide bonds. The normalized spacial score (nSPS) is 11.1. The lowest BCUT2D eigenvalue weighted by Crippen LogP contribution is -2.38. The predicted molar refractivity (Wildman–Crippen MR) is 124 cm³/mol. The smallest absolute Gasteiger partial charge is 0.264 e. The first-order chi connectivity index (χ1) is 14.7. The highest BCUT2D eigenvalue weighted by atomic mass is 35.5. The van der Waals surface area contributed by atoms with E-state index in [0.717, 1.165) is 4.31 Å². The number of halogens is 2. The Morgan fingerprint density at radius 2 is 1.74 bits per heavy atom. The van der Waals surface area contributed by atoms with E-state index in [4.69, 9.17) is 27.9 Å². The van der Waals surface area contributed by atoms with Crippen molar-refractivity contribution in [3.8, 4) is 5.75 Å². The van der Waals surface area contributed by atoms with Gasteiger partial charge in [0.1, 0.15) is 12.3 Å². The van der Waals surface area contributed by atoms with E-state index >= 15 is 0 Å². The van der Waals surface area contributed by atoms with Crippen LogP contribution >= 0.6 is 23.2 Å². The van der Waals surface area contributed by atoms with E-state index in [9.17, 15) is 13.2 Å². The molecule has 6 nitrogen and oxygen atoms in total. The first-order valence-electron chi connectivity index (χ1n) is 9.20. The second kappa shape index (κ2) is 9.60. The van der Waals surface area contributed by atoms with Gasteiger partial charge in [-0.25, -0.2) is 8.42 Å². The molecular formula is C22H20Cl2N2O4S. The zero-order chi connectivity index (χ0) is 22.6. The maximum Gasteiger partial charge on any atom is 0.264 e. The highest BCUT2D eigenvalue weighted by Crippen LogP contribution is 2.32. The fourth-order valence-electron chi connectivity index (χ4n) is 2.98. The number of benzene rings is 3. The average molecular weight is 479 g/mol. The zero-order valence-corrected chi connectivity index (χ0v) is 19.1. The molecular weight excluding hydrogens is 459 g/mol. The molecule has 0 bridgehead atoms. The fraction of sp³-hybridized carbons (Fsp3) is 0.136. The molecule has 0 aliphatic heterocycles. The minimum atomic E-state index is -4.05. The summed E-state index contributed by atoms with van der Waals surface area (Å²) in [5.41, 5.74) is 1.18. The number of nitrogens with zero attached hydrogens (tertiary/aromatic N) is 1. The van der Waals surface area contributed by atoms with Crippen molar-refractivity contribution < 1.29 is 17.9 Å². The van der Waals surface area contributed by atoms with Gasteiger partial charge < -0.3 is 10.1 Å². The van der Waals surface area contributed by atoms with Crippen molar-refractivity contribution in [1.82, 2.24) is 0 Å². The van der Waals surface area contributed by atoms with Crippen LogP contribution in [-0.4, -0.2) is 28.0 Å². The molecule has 1 N–H and O–H groups in total. The number of anilines is 2. The van der Waals surface area contributed by atoms with Crippen LogP contribution in [0.15, 0.2) is 71.6 Å². The zero-order valence-electron chi connectivity index (χ0n) is 16.8. The molecule has 0 spiro atoms. The number of carbonyl (C=O) groups excluding carboxylic acids is 1. The molecule has 0 atom stereocenters. The Morgan fingerprint density at radius 3 is 2.42 bits per heavy atom. The maximum atomic E-state index is 13.4. The molecule has 0 unspecified atom stereocenters. The topological polar surface area (TPSA) is 75.7 Å². The Labute approximate surface area is 191 Å². The number of hydrogen-bond donors (Lipinski definition) is 1. The van der Waals surface area contributed by atoms with Crippen molar-refractivity contribution in [2.24, 2.45) is 0 Å². The lowest BCUT2D eigenvalue weighted by atomic mass is 10.2. The van der Waals surface area contributed by atoms with E-state index in [1.54, 1.807) is 55.5 Å². The molecule has 0 saturated carbocycles. The average Bonchev–Trinajstić information content (AvgIpc) is 2.75. The molecule has 0 radical (unpaired) electrons. The van der Waals surface area contributed by atoms with E-state index in [1.165, 1.54) is 25.3 Å². The number of sulfonamides is 1. The summed E-state index contributed by atoms with van der Waals surface area (Å²) in [6.07, 6.45) is 0. The monoisotopic (exact) mass is 478 g/mol. The fourth-order valence-corrected chi connectivity index (χ4v) is 4.82.